The summed E-state index contributed by atoms with van der Waals surface area (Å²) in [5.41, 5.74) is 8.26. The maximum Gasteiger partial charge on any atom is 0.186 e. The monoisotopic (exact) mass is 252 g/mol. The number of hydrazine groups is 1. The van der Waals surface area contributed by atoms with Crippen LogP contribution in [-0.4, -0.2) is 12.3 Å². The Morgan fingerprint density at radius 2 is 1.79 bits per heavy atom. The number of hydrogen-bond donors (Lipinski definition) is 1. The molecule has 0 aliphatic carbocycles. The molecule has 0 radical (unpaired) electrons. The molecule has 0 atom stereocenters. The van der Waals surface area contributed by atoms with Crippen molar-refractivity contribution in [2.75, 3.05) is 17.0 Å². The third kappa shape index (κ3) is 2.08. The highest BCUT2D eigenvalue weighted by molar-refractivity contribution is 6.07. The number of benzene rings is 2. The predicted molar refractivity (Wildman–Crippen MR) is 77.7 cm³/mol. The Balaban J connectivity index is 1.97. The van der Waals surface area contributed by atoms with Gasteiger partial charge in [-0.25, -0.2) is 0 Å². The van der Waals surface area contributed by atoms with Crippen LogP contribution in [0.4, 0.5) is 11.4 Å². The lowest BCUT2D eigenvalue weighted by atomic mass is 10.0. The molecule has 0 spiro atoms. The highest BCUT2D eigenvalue weighted by Crippen LogP contribution is 2.27. The molecule has 1 N–H and O–H groups in total. The minimum absolute atomic E-state index is 0.160. The SMILES string of the molecule is Cc1ccc(N2CC(=O)c3c(C)cccc3N2)cc1. The quantitative estimate of drug-likeness (QED) is 0.845. The Morgan fingerprint density at radius 1 is 1.05 bits per heavy atom. The van der Waals surface area contributed by atoms with E-state index in [9.17, 15) is 4.79 Å². The van der Waals surface area contributed by atoms with Crippen LogP contribution in [0.3, 0.4) is 0 Å². The molecule has 3 rings (SSSR count). The van der Waals surface area contributed by atoms with Crippen molar-refractivity contribution in [1.29, 1.82) is 0 Å². The summed E-state index contributed by atoms with van der Waals surface area (Å²) in [5, 5.41) is 1.89. The Kier molecular flexibility index (Phi) is 2.75. The zero-order chi connectivity index (χ0) is 13.4. The summed E-state index contributed by atoms with van der Waals surface area (Å²) >= 11 is 0. The van der Waals surface area contributed by atoms with Crippen molar-refractivity contribution in [3.05, 3.63) is 59.2 Å². The molecule has 3 heteroatoms. The number of nitrogens with zero attached hydrogens (tertiary/aromatic N) is 1. The Hall–Kier alpha value is -2.29. The first-order chi connectivity index (χ1) is 9.15. The number of nitrogens with one attached hydrogen (secondary N) is 1. The van der Waals surface area contributed by atoms with Crippen molar-refractivity contribution >= 4 is 17.2 Å². The van der Waals surface area contributed by atoms with Gasteiger partial charge < -0.3 is 0 Å². The van der Waals surface area contributed by atoms with Crippen LogP contribution < -0.4 is 10.4 Å². The van der Waals surface area contributed by atoms with Gasteiger partial charge in [0.05, 0.1) is 11.4 Å². The lowest BCUT2D eigenvalue weighted by Crippen LogP contribution is -2.40. The molecule has 0 fully saturated rings. The van der Waals surface area contributed by atoms with Gasteiger partial charge in [0.1, 0.15) is 6.54 Å². The molecule has 2 aromatic rings. The minimum Gasteiger partial charge on any atom is -0.297 e. The van der Waals surface area contributed by atoms with E-state index in [0.717, 1.165) is 22.5 Å². The van der Waals surface area contributed by atoms with Gasteiger partial charge in [-0.05, 0) is 37.6 Å². The summed E-state index contributed by atoms with van der Waals surface area (Å²) in [6.45, 7) is 4.39. The van der Waals surface area contributed by atoms with Crippen molar-refractivity contribution in [2.45, 2.75) is 13.8 Å². The van der Waals surface area contributed by atoms with E-state index in [2.05, 4.69) is 12.3 Å². The van der Waals surface area contributed by atoms with Gasteiger partial charge in [-0.3, -0.25) is 15.2 Å². The van der Waals surface area contributed by atoms with E-state index in [-0.39, 0.29) is 5.78 Å². The second kappa shape index (κ2) is 4.43. The van der Waals surface area contributed by atoms with Gasteiger partial charge in [0, 0.05) is 5.56 Å². The van der Waals surface area contributed by atoms with E-state index in [4.69, 9.17) is 0 Å². The zero-order valence-corrected chi connectivity index (χ0v) is 11.1. The topological polar surface area (TPSA) is 32.3 Å². The average molecular weight is 252 g/mol. The van der Waals surface area contributed by atoms with E-state index in [1.165, 1.54) is 5.56 Å². The second-order valence-corrected chi connectivity index (χ2v) is 4.95. The van der Waals surface area contributed by atoms with Crippen molar-refractivity contribution in [2.24, 2.45) is 0 Å². The Bertz CT molecular complexity index is 632. The molecular weight excluding hydrogens is 236 g/mol. The van der Waals surface area contributed by atoms with Crippen LogP contribution in [-0.2, 0) is 0 Å². The third-order valence-corrected chi connectivity index (χ3v) is 3.45. The predicted octanol–water partition coefficient (Wildman–Crippen LogP) is 3.33. The molecule has 0 amide bonds. The van der Waals surface area contributed by atoms with E-state index < -0.39 is 0 Å². The molecule has 0 aromatic heterocycles. The molecule has 1 aliphatic rings. The highest BCUT2D eigenvalue weighted by atomic mass is 16.1. The van der Waals surface area contributed by atoms with Crippen LogP contribution in [0.1, 0.15) is 21.5 Å². The average Bonchev–Trinajstić information content (AvgIpc) is 2.39. The van der Waals surface area contributed by atoms with Gasteiger partial charge in [0.15, 0.2) is 5.78 Å². The van der Waals surface area contributed by atoms with Gasteiger partial charge in [0.2, 0.25) is 0 Å². The Labute approximate surface area is 112 Å². The molecule has 0 bridgehead atoms. The number of fused-ring (bicyclic) bond motifs is 1. The summed E-state index contributed by atoms with van der Waals surface area (Å²) in [6, 6.07) is 14.0. The molecule has 96 valence electrons. The first-order valence-corrected chi connectivity index (χ1v) is 6.39. The van der Waals surface area contributed by atoms with Crippen molar-refractivity contribution in [3.63, 3.8) is 0 Å². The van der Waals surface area contributed by atoms with E-state index >= 15 is 0 Å². The smallest absolute Gasteiger partial charge is 0.186 e. The number of aryl methyl sites for hydroxylation is 2. The molecular formula is C16H16N2O. The van der Waals surface area contributed by atoms with E-state index in [1.807, 2.05) is 54.4 Å². The lowest BCUT2D eigenvalue weighted by molar-refractivity contribution is 0.0997. The fourth-order valence-corrected chi connectivity index (χ4v) is 2.42. The summed E-state index contributed by atoms with van der Waals surface area (Å²) in [6.07, 6.45) is 0. The van der Waals surface area contributed by atoms with Crippen LogP contribution in [0.2, 0.25) is 0 Å². The molecule has 19 heavy (non-hydrogen) atoms. The number of anilines is 2. The number of carbonyl (C=O) groups is 1. The summed E-state index contributed by atoms with van der Waals surface area (Å²) in [7, 11) is 0. The molecule has 0 saturated carbocycles. The van der Waals surface area contributed by atoms with Crippen LogP contribution in [0.15, 0.2) is 42.5 Å². The van der Waals surface area contributed by atoms with Crippen LogP contribution in [0, 0.1) is 13.8 Å². The molecule has 0 saturated heterocycles. The second-order valence-electron chi connectivity index (χ2n) is 4.95. The molecule has 2 aromatic carbocycles. The molecule has 1 heterocycles. The summed E-state index contributed by atoms with van der Waals surface area (Å²) in [4.78, 5) is 12.3. The van der Waals surface area contributed by atoms with Crippen molar-refractivity contribution in [3.8, 4) is 0 Å². The molecule has 3 nitrogen and oxygen atoms in total. The fourth-order valence-electron chi connectivity index (χ4n) is 2.42. The van der Waals surface area contributed by atoms with Crippen molar-refractivity contribution < 1.29 is 4.79 Å². The van der Waals surface area contributed by atoms with Crippen molar-refractivity contribution in [1.82, 2.24) is 0 Å². The lowest BCUT2D eigenvalue weighted by Gasteiger charge is -2.31. The largest absolute Gasteiger partial charge is 0.297 e. The first kappa shape index (κ1) is 11.8. The zero-order valence-electron chi connectivity index (χ0n) is 11.1. The molecule has 1 aliphatic heterocycles. The van der Waals surface area contributed by atoms with Gasteiger partial charge in [0.25, 0.3) is 0 Å². The fraction of sp³-hybridized carbons (Fsp3) is 0.188. The van der Waals surface area contributed by atoms with Gasteiger partial charge in [-0.2, -0.15) is 0 Å². The minimum atomic E-state index is 0.160. The van der Waals surface area contributed by atoms with Crippen LogP contribution >= 0.6 is 0 Å². The van der Waals surface area contributed by atoms with Gasteiger partial charge >= 0.3 is 0 Å². The third-order valence-electron chi connectivity index (χ3n) is 3.45. The van der Waals surface area contributed by atoms with Crippen LogP contribution in [0.5, 0.6) is 0 Å². The standard InChI is InChI=1S/C16H16N2O/c1-11-6-8-13(9-7-11)18-10-15(19)16-12(2)4-3-5-14(16)17-18/h3-9,17H,10H2,1-2H3. The van der Waals surface area contributed by atoms with Gasteiger partial charge in [-0.15, -0.1) is 0 Å². The van der Waals surface area contributed by atoms with E-state index in [0.29, 0.717) is 6.54 Å². The molecule has 0 unspecified atom stereocenters. The van der Waals surface area contributed by atoms with E-state index in [1.54, 1.807) is 0 Å². The highest BCUT2D eigenvalue weighted by Gasteiger charge is 2.24. The van der Waals surface area contributed by atoms with Gasteiger partial charge in [-0.1, -0.05) is 29.8 Å². The Morgan fingerprint density at radius 3 is 2.53 bits per heavy atom. The number of carbonyl (C=O) groups excluding carboxylic acids is 1. The number of Topliss-reactive ketones (excluding diaryl/α,β-unsaturated/α-hetero) is 1. The summed E-state index contributed by atoms with van der Waals surface area (Å²) in [5.74, 6) is 0.160. The number of ketones is 1. The first-order valence-electron chi connectivity index (χ1n) is 6.39. The van der Waals surface area contributed by atoms with Crippen LogP contribution in [0.25, 0.3) is 0 Å². The maximum atomic E-state index is 12.3. The maximum absolute atomic E-state index is 12.3. The number of hydrogen-bond acceptors (Lipinski definition) is 3. The normalized spacial score (nSPS) is 14.0. The number of rotatable bonds is 1. The summed E-state index contributed by atoms with van der Waals surface area (Å²) < 4.78 is 0.